The van der Waals surface area contributed by atoms with Crippen LogP contribution in [0.4, 0.5) is 5.82 Å². The molecule has 0 spiro atoms. The number of nitrogens with zero attached hydrogens (tertiary/aromatic N) is 9. The van der Waals surface area contributed by atoms with Crippen molar-refractivity contribution >= 4 is 11.5 Å². The number of rotatable bonds is 4. The van der Waals surface area contributed by atoms with E-state index in [4.69, 9.17) is 0 Å². The lowest BCUT2D eigenvalue weighted by atomic mass is 10.1. The van der Waals surface area contributed by atoms with Gasteiger partial charge in [-0.2, -0.15) is 5.10 Å². The molecule has 1 atom stereocenters. The predicted molar refractivity (Wildman–Crippen MR) is 86.8 cm³/mol. The van der Waals surface area contributed by atoms with Gasteiger partial charge in [0, 0.05) is 7.05 Å². The second-order valence-corrected chi connectivity index (χ2v) is 5.44. The minimum Gasteiger partial charge on any atom is -0.351 e. The average molecular weight is 321 g/mol. The van der Waals surface area contributed by atoms with Crippen LogP contribution in [-0.2, 0) is 0 Å². The van der Waals surface area contributed by atoms with Gasteiger partial charge in [-0.3, -0.25) is 0 Å². The zero-order valence-corrected chi connectivity index (χ0v) is 13.2. The van der Waals surface area contributed by atoms with E-state index in [0.29, 0.717) is 5.65 Å². The van der Waals surface area contributed by atoms with Crippen LogP contribution in [0.15, 0.2) is 49.1 Å². The molecule has 120 valence electrons. The van der Waals surface area contributed by atoms with E-state index >= 15 is 0 Å². The van der Waals surface area contributed by atoms with Crippen LogP contribution < -0.4 is 4.90 Å². The van der Waals surface area contributed by atoms with Crippen LogP contribution in [0.3, 0.4) is 0 Å². The molecule has 24 heavy (non-hydrogen) atoms. The molecule has 0 unspecified atom stereocenters. The van der Waals surface area contributed by atoms with Gasteiger partial charge in [0.2, 0.25) is 0 Å². The summed E-state index contributed by atoms with van der Waals surface area (Å²) < 4.78 is 3.15. The Morgan fingerprint density at radius 1 is 1.08 bits per heavy atom. The zero-order chi connectivity index (χ0) is 16.5. The Morgan fingerprint density at radius 2 is 1.92 bits per heavy atom. The first-order valence-electron chi connectivity index (χ1n) is 7.45. The topological polar surface area (TPSA) is 89.9 Å². The normalized spacial score (nSPS) is 12.4. The molecule has 0 aliphatic carbocycles. The maximum absolute atomic E-state index is 4.42. The van der Waals surface area contributed by atoms with Gasteiger partial charge in [-0.25, -0.2) is 9.67 Å². The van der Waals surface area contributed by atoms with Gasteiger partial charge in [0.15, 0.2) is 11.5 Å². The highest BCUT2D eigenvalue weighted by molar-refractivity contribution is 5.46. The second kappa shape index (κ2) is 5.69. The van der Waals surface area contributed by atoms with Crippen LogP contribution >= 0.6 is 0 Å². The van der Waals surface area contributed by atoms with E-state index in [1.807, 2.05) is 31.3 Å². The third-order valence-electron chi connectivity index (χ3n) is 4.06. The molecule has 0 amide bonds. The maximum atomic E-state index is 4.42. The number of tetrazole rings is 1. The Morgan fingerprint density at radius 3 is 2.67 bits per heavy atom. The van der Waals surface area contributed by atoms with Gasteiger partial charge in [-0.1, -0.05) is 12.1 Å². The highest BCUT2D eigenvalue weighted by atomic mass is 15.6. The standard InChI is InChI=1S/C15H15N9/c1-11(12-3-5-13(6-4-12)23-10-16-9-17-23)22(2)15-8-7-14-18-20-21-24(14)19-15/h3-11H,1-2H3/t11-/m1/s1. The lowest BCUT2D eigenvalue weighted by molar-refractivity contribution is 0.683. The first-order chi connectivity index (χ1) is 11.7. The number of anilines is 1. The lowest BCUT2D eigenvalue weighted by Crippen LogP contribution is -2.23. The van der Waals surface area contributed by atoms with Gasteiger partial charge >= 0.3 is 0 Å². The number of aromatic nitrogens is 8. The number of hydrogen-bond acceptors (Lipinski definition) is 7. The summed E-state index contributed by atoms with van der Waals surface area (Å²) in [4.78, 5) is 6.04. The average Bonchev–Trinajstić information content (AvgIpc) is 3.31. The fourth-order valence-corrected chi connectivity index (χ4v) is 2.50. The smallest absolute Gasteiger partial charge is 0.200 e. The van der Waals surface area contributed by atoms with E-state index in [-0.39, 0.29) is 6.04 Å². The Balaban J connectivity index is 1.58. The predicted octanol–water partition coefficient (Wildman–Crippen LogP) is 1.30. The molecule has 0 N–H and O–H groups in total. The maximum Gasteiger partial charge on any atom is 0.200 e. The number of benzene rings is 1. The summed E-state index contributed by atoms with van der Waals surface area (Å²) in [6, 6.07) is 12.1. The van der Waals surface area contributed by atoms with Crippen molar-refractivity contribution in [1.82, 2.24) is 40.0 Å². The first kappa shape index (κ1) is 14.2. The highest BCUT2D eigenvalue weighted by Gasteiger charge is 2.15. The quantitative estimate of drug-likeness (QED) is 0.559. The third-order valence-corrected chi connectivity index (χ3v) is 4.06. The summed E-state index contributed by atoms with van der Waals surface area (Å²) in [5.41, 5.74) is 2.76. The van der Waals surface area contributed by atoms with Crippen molar-refractivity contribution in [1.29, 1.82) is 0 Å². The van der Waals surface area contributed by atoms with Crippen molar-refractivity contribution in [2.45, 2.75) is 13.0 Å². The van der Waals surface area contributed by atoms with Crippen LogP contribution in [0, 0.1) is 0 Å². The molecule has 1 aromatic carbocycles. The first-order valence-corrected chi connectivity index (χ1v) is 7.45. The fraction of sp³-hybridized carbons (Fsp3) is 0.200. The van der Waals surface area contributed by atoms with E-state index in [1.54, 1.807) is 11.0 Å². The van der Waals surface area contributed by atoms with Crippen molar-refractivity contribution in [3.05, 3.63) is 54.6 Å². The van der Waals surface area contributed by atoms with Crippen LogP contribution in [0.5, 0.6) is 0 Å². The largest absolute Gasteiger partial charge is 0.351 e. The van der Waals surface area contributed by atoms with Crippen molar-refractivity contribution in [3.63, 3.8) is 0 Å². The van der Waals surface area contributed by atoms with E-state index in [0.717, 1.165) is 11.5 Å². The van der Waals surface area contributed by atoms with Crippen LogP contribution in [0.1, 0.15) is 18.5 Å². The summed E-state index contributed by atoms with van der Waals surface area (Å²) in [5, 5.41) is 19.9. The Kier molecular flexibility index (Phi) is 3.38. The van der Waals surface area contributed by atoms with Gasteiger partial charge in [0.25, 0.3) is 0 Å². The molecule has 9 heteroatoms. The van der Waals surface area contributed by atoms with E-state index in [9.17, 15) is 0 Å². The molecular weight excluding hydrogens is 306 g/mol. The van der Waals surface area contributed by atoms with Gasteiger partial charge in [-0.05, 0) is 47.2 Å². The molecule has 0 aliphatic heterocycles. The minimum absolute atomic E-state index is 0.135. The fourth-order valence-electron chi connectivity index (χ4n) is 2.50. The van der Waals surface area contributed by atoms with Crippen molar-refractivity contribution in [3.8, 4) is 5.69 Å². The van der Waals surface area contributed by atoms with Crippen molar-refractivity contribution in [2.75, 3.05) is 11.9 Å². The van der Waals surface area contributed by atoms with Crippen LogP contribution in [-0.4, -0.2) is 47.1 Å². The van der Waals surface area contributed by atoms with E-state index in [2.05, 4.69) is 54.7 Å². The van der Waals surface area contributed by atoms with Crippen LogP contribution in [0.2, 0.25) is 0 Å². The Hall–Kier alpha value is -3.36. The molecule has 0 saturated heterocycles. The van der Waals surface area contributed by atoms with Crippen LogP contribution in [0.25, 0.3) is 11.3 Å². The summed E-state index contributed by atoms with van der Waals surface area (Å²) in [6.07, 6.45) is 3.20. The molecule has 0 fully saturated rings. The summed E-state index contributed by atoms with van der Waals surface area (Å²) >= 11 is 0. The molecular formula is C15H15N9. The summed E-state index contributed by atoms with van der Waals surface area (Å²) in [6.45, 7) is 2.12. The molecule has 4 rings (SSSR count). The molecule has 0 aliphatic rings. The molecule has 3 aromatic heterocycles. The molecule has 3 heterocycles. The lowest BCUT2D eigenvalue weighted by Gasteiger charge is -2.26. The zero-order valence-electron chi connectivity index (χ0n) is 13.2. The van der Waals surface area contributed by atoms with E-state index in [1.165, 1.54) is 16.5 Å². The van der Waals surface area contributed by atoms with E-state index < -0.39 is 0 Å². The summed E-state index contributed by atoms with van der Waals surface area (Å²) in [7, 11) is 1.99. The highest BCUT2D eigenvalue weighted by Crippen LogP contribution is 2.24. The number of hydrogen-bond donors (Lipinski definition) is 0. The molecule has 0 radical (unpaired) electrons. The van der Waals surface area contributed by atoms with Crippen molar-refractivity contribution < 1.29 is 0 Å². The van der Waals surface area contributed by atoms with Gasteiger partial charge < -0.3 is 4.90 Å². The second-order valence-electron chi connectivity index (χ2n) is 5.44. The monoisotopic (exact) mass is 321 g/mol. The minimum atomic E-state index is 0.135. The Labute approximate surface area is 137 Å². The van der Waals surface area contributed by atoms with Gasteiger partial charge in [-0.15, -0.1) is 14.8 Å². The number of fused-ring (bicyclic) bond motifs is 1. The molecule has 0 bridgehead atoms. The molecule has 9 nitrogen and oxygen atoms in total. The van der Waals surface area contributed by atoms with Gasteiger partial charge in [0.05, 0.1) is 11.7 Å². The van der Waals surface area contributed by atoms with Gasteiger partial charge in [0.1, 0.15) is 12.7 Å². The molecule has 0 saturated carbocycles. The molecule has 4 aromatic rings. The SMILES string of the molecule is C[C@H](c1ccc(-n2cncn2)cc1)N(C)c1ccc2nnnn2n1. The Bertz CT molecular complexity index is 943. The van der Waals surface area contributed by atoms with Crippen molar-refractivity contribution in [2.24, 2.45) is 0 Å². The third kappa shape index (κ3) is 2.45. The summed E-state index contributed by atoms with van der Waals surface area (Å²) in [5.74, 6) is 0.794.